The number of para-hydroxylation sites is 1. The Kier molecular flexibility index (Phi) is 6.21. The molecule has 0 saturated carbocycles. The summed E-state index contributed by atoms with van der Waals surface area (Å²) in [4.78, 5) is 42.0. The number of anilines is 2. The van der Waals surface area contributed by atoms with E-state index in [0.29, 0.717) is 59.3 Å². The van der Waals surface area contributed by atoms with Crippen molar-refractivity contribution in [3.05, 3.63) is 47.0 Å². The van der Waals surface area contributed by atoms with E-state index >= 15 is 0 Å². The van der Waals surface area contributed by atoms with Crippen LogP contribution in [0, 0.1) is 0 Å². The van der Waals surface area contributed by atoms with Crippen molar-refractivity contribution >= 4 is 40.7 Å². The summed E-state index contributed by atoms with van der Waals surface area (Å²) in [5, 5.41) is 3.20. The topological polar surface area (TPSA) is 88.2 Å². The standard InChI is InChI=1S/C24H26ClN3O5/c1-24-11-10-22(30)28(24)18-8-5-4-7-15(18)23(31)27(24)12-6-9-21(29)26-17-14-19(32-2)16(25)13-20(17)33-3/h4-5,7-8,13-14H,6,9-12H2,1-3H3,(H,26,29). The van der Waals surface area contributed by atoms with Gasteiger partial charge in [0.05, 0.1) is 36.2 Å². The predicted octanol–water partition coefficient (Wildman–Crippen LogP) is 4.07. The van der Waals surface area contributed by atoms with Gasteiger partial charge < -0.3 is 19.7 Å². The van der Waals surface area contributed by atoms with Gasteiger partial charge in [-0.2, -0.15) is 0 Å². The maximum atomic E-state index is 13.3. The Morgan fingerprint density at radius 3 is 2.61 bits per heavy atom. The van der Waals surface area contributed by atoms with E-state index in [0.717, 1.165) is 0 Å². The monoisotopic (exact) mass is 471 g/mol. The minimum Gasteiger partial charge on any atom is -0.495 e. The maximum absolute atomic E-state index is 13.3. The van der Waals surface area contributed by atoms with Crippen molar-refractivity contribution in [1.29, 1.82) is 0 Å². The van der Waals surface area contributed by atoms with Crippen molar-refractivity contribution in [1.82, 2.24) is 4.90 Å². The molecular weight excluding hydrogens is 446 g/mol. The molecule has 0 aromatic heterocycles. The molecule has 1 fully saturated rings. The van der Waals surface area contributed by atoms with E-state index in [1.807, 2.05) is 19.1 Å². The molecule has 0 aliphatic carbocycles. The van der Waals surface area contributed by atoms with Gasteiger partial charge in [0.1, 0.15) is 17.2 Å². The summed E-state index contributed by atoms with van der Waals surface area (Å²) in [7, 11) is 2.98. The van der Waals surface area contributed by atoms with Crippen molar-refractivity contribution < 1.29 is 23.9 Å². The lowest BCUT2D eigenvalue weighted by molar-refractivity contribution is -0.118. The number of carbonyl (C=O) groups excluding carboxylic acids is 3. The highest BCUT2D eigenvalue weighted by atomic mass is 35.5. The summed E-state index contributed by atoms with van der Waals surface area (Å²) in [6.45, 7) is 2.26. The molecule has 33 heavy (non-hydrogen) atoms. The van der Waals surface area contributed by atoms with Crippen molar-refractivity contribution in [2.24, 2.45) is 0 Å². The molecule has 0 radical (unpaired) electrons. The zero-order valence-corrected chi connectivity index (χ0v) is 19.6. The summed E-state index contributed by atoms with van der Waals surface area (Å²) in [6, 6.07) is 10.4. The minimum absolute atomic E-state index is 0.00368. The first-order chi connectivity index (χ1) is 15.8. The summed E-state index contributed by atoms with van der Waals surface area (Å²) in [5.74, 6) is 0.494. The summed E-state index contributed by atoms with van der Waals surface area (Å²) in [6.07, 6.45) is 1.56. The molecule has 1 unspecified atom stereocenters. The third-order valence-electron chi connectivity index (χ3n) is 6.28. The average Bonchev–Trinajstić information content (AvgIpc) is 3.12. The summed E-state index contributed by atoms with van der Waals surface area (Å²) >= 11 is 6.12. The molecule has 2 aromatic carbocycles. The summed E-state index contributed by atoms with van der Waals surface area (Å²) in [5.41, 5.74) is 0.885. The van der Waals surface area contributed by atoms with Gasteiger partial charge in [-0.3, -0.25) is 19.3 Å². The summed E-state index contributed by atoms with van der Waals surface area (Å²) < 4.78 is 10.5. The molecule has 9 heteroatoms. The molecule has 2 aromatic rings. The van der Waals surface area contributed by atoms with E-state index in [1.54, 1.807) is 34.1 Å². The van der Waals surface area contributed by atoms with E-state index in [9.17, 15) is 14.4 Å². The quantitative estimate of drug-likeness (QED) is 0.657. The van der Waals surface area contributed by atoms with Crippen LogP contribution in [0.25, 0.3) is 0 Å². The number of hydrogen-bond donors (Lipinski definition) is 1. The van der Waals surface area contributed by atoms with Crippen LogP contribution in [-0.2, 0) is 9.59 Å². The Labute approximate surface area is 197 Å². The average molecular weight is 472 g/mol. The number of rotatable bonds is 7. The van der Waals surface area contributed by atoms with Crippen LogP contribution >= 0.6 is 11.6 Å². The van der Waals surface area contributed by atoms with Crippen molar-refractivity contribution in [2.45, 2.75) is 38.3 Å². The Balaban J connectivity index is 1.46. The second-order valence-electron chi connectivity index (χ2n) is 8.26. The largest absolute Gasteiger partial charge is 0.495 e. The normalized spacial score (nSPS) is 19.3. The van der Waals surface area contributed by atoms with Gasteiger partial charge in [0, 0.05) is 31.5 Å². The number of hydrogen-bond acceptors (Lipinski definition) is 5. The fourth-order valence-corrected chi connectivity index (χ4v) is 4.84. The zero-order chi connectivity index (χ0) is 23.8. The first kappa shape index (κ1) is 22.9. The van der Waals surface area contributed by atoms with Crippen LogP contribution in [0.3, 0.4) is 0 Å². The number of amides is 3. The van der Waals surface area contributed by atoms with E-state index in [4.69, 9.17) is 21.1 Å². The Morgan fingerprint density at radius 1 is 1.15 bits per heavy atom. The number of carbonyl (C=O) groups is 3. The van der Waals surface area contributed by atoms with Crippen LogP contribution < -0.4 is 19.7 Å². The van der Waals surface area contributed by atoms with E-state index in [-0.39, 0.29) is 24.1 Å². The SMILES string of the molecule is COc1cc(NC(=O)CCCN2C(=O)c3ccccc3N3C(=O)CCC23C)c(OC)cc1Cl. The predicted molar refractivity (Wildman–Crippen MR) is 125 cm³/mol. The third-order valence-corrected chi connectivity index (χ3v) is 6.57. The van der Waals surface area contributed by atoms with Gasteiger partial charge in [0.2, 0.25) is 11.8 Å². The molecule has 4 rings (SSSR count). The third kappa shape index (κ3) is 3.99. The molecule has 1 atom stereocenters. The van der Waals surface area contributed by atoms with Gasteiger partial charge in [-0.1, -0.05) is 23.7 Å². The molecule has 8 nitrogen and oxygen atoms in total. The number of nitrogens with one attached hydrogen (secondary N) is 1. The van der Waals surface area contributed by atoms with Gasteiger partial charge >= 0.3 is 0 Å². The lowest BCUT2D eigenvalue weighted by atomic mass is 9.98. The molecule has 1 N–H and O–H groups in total. The van der Waals surface area contributed by atoms with Crippen molar-refractivity contribution in [3.8, 4) is 11.5 Å². The Morgan fingerprint density at radius 2 is 1.88 bits per heavy atom. The molecule has 174 valence electrons. The number of methoxy groups -OCH3 is 2. The fourth-order valence-electron chi connectivity index (χ4n) is 4.61. The van der Waals surface area contributed by atoms with Crippen LogP contribution in [-0.4, -0.2) is 49.0 Å². The number of fused-ring (bicyclic) bond motifs is 3. The Hall–Kier alpha value is -3.26. The molecule has 2 aliphatic rings. The fraction of sp³-hybridized carbons (Fsp3) is 0.375. The second-order valence-corrected chi connectivity index (χ2v) is 8.67. The van der Waals surface area contributed by atoms with Crippen LogP contribution in [0.1, 0.15) is 43.0 Å². The highest BCUT2D eigenvalue weighted by molar-refractivity contribution is 6.32. The van der Waals surface area contributed by atoms with Crippen LogP contribution in [0.2, 0.25) is 5.02 Å². The van der Waals surface area contributed by atoms with E-state index in [1.165, 1.54) is 14.2 Å². The van der Waals surface area contributed by atoms with Crippen molar-refractivity contribution in [3.63, 3.8) is 0 Å². The van der Waals surface area contributed by atoms with Crippen LogP contribution in [0.4, 0.5) is 11.4 Å². The highest BCUT2D eigenvalue weighted by Gasteiger charge is 2.52. The minimum atomic E-state index is -0.730. The highest BCUT2D eigenvalue weighted by Crippen LogP contribution is 2.44. The van der Waals surface area contributed by atoms with Gasteiger partial charge in [0.15, 0.2) is 0 Å². The number of benzene rings is 2. The molecular formula is C24H26ClN3O5. The molecule has 2 heterocycles. The number of halogens is 1. The van der Waals surface area contributed by atoms with Crippen LogP contribution in [0.15, 0.2) is 36.4 Å². The van der Waals surface area contributed by atoms with Crippen molar-refractivity contribution in [2.75, 3.05) is 31.0 Å². The first-order valence-electron chi connectivity index (χ1n) is 10.8. The van der Waals surface area contributed by atoms with E-state index < -0.39 is 5.66 Å². The number of nitrogens with zero attached hydrogens (tertiary/aromatic N) is 2. The first-order valence-corrected chi connectivity index (χ1v) is 11.1. The van der Waals surface area contributed by atoms with Crippen LogP contribution in [0.5, 0.6) is 11.5 Å². The molecule has 1 saturated heterocycles. The molecule has 0 bridgehead atoms. The molecule has 0 spiro atoms. The van der Waals surface area contributed by atoms with Gasteiger partial charge in [-0.15, -0.1) is 0 Å². The lowest BCUT2D eigenvalue weighted by Crippen LogP contribution is -2.62. The van der Waals surface area contributed by atoms with Gasteiger partial charge in [-0.25, -0.2) is 0 Å². The Bertz CT molecular complexity index is 1120. The molecule has 3 amide bonds. The van der Waals surface area contributed by atoms with Gasteiger partial charge in [-0.05, 0) is 31.9 Å². The lowest BCUT2D eigenvalue weighted by Gasteiger charge is -2.48. The zero-order valence-electron chi connectivity index (χ0n) is 18.8. The maximum Gasteiger partial charge on any atom is 0.257 e. The number of ether oxygens (including phenoxy) is 2. The van der Waals surface area contributed by atoms with E-state index in [2.05, 4.69) is 5.32 Å². The van der Waals surface area contributed by atoms with Gasteiger partial charge in [0.25, 0.3) is 5.91 Å². The molecule has 2 aliphatic heterocycles. The second kappa shape index (κ2) is 8.94. The smallest absolute Gasteiger partial charge is 0.257 e.